The van der Waals surface area contributed by atoms with Crippen LogP contribution in [-0.4, -0.2) is 55.1 Å². The van der Waals surface area contributed by atoms with E-state index < -0.39 is 9.84 Å². The van der Waals surface area contributed by atoms with E-state index in [9.17, 15) is 13.2 Å². The van der Waals surface area contributed by atoms with Crippen molar-refractivity contribution in [1.29, 1.82) is 0 Å². The molecule has 1 aromatic carbocycles. The SMILES string of the molecule is Cn1c(CC2CCS(=O)(=O)C2)nnc1SCC(=O)Nc1cccc2nsnc12. The summed E-state index contributed by atoms with van der Waals surface area (Å²) in [6.45, 7) is 0. The van der Waals surface area contributed by atoms with Crippen molar-refractivity contribution in [3.05, 3.63) is 24.0 Å². The fourth-order valence-corrected chi connectivity index (χ4v) is 6.30. The third kappa shape index (κ3) is 4.18. The number of amides is 1. The van der Waals surface area contributed by atoms with Gasteiger partial charge in [-0.1, -0.05) is 17.8 Å². The second-order valence-electron chi connectivity index (χ2n) is 6.71. The van der Waals surface area contributed by atoms with E-state index in [2.05, 4.69) is 24.3 Å². The molecule has 1 saturated heterocycles. The maximum absolute atomic E-state index is 12.3. The quantitative estimate of drug-likeness (QED) is 0.575. The van der Waals surface area contributed by atoms with E-state index in [4.69, 9.17) is 0 Å². The molecule has 1 fully saturated rings. The van der Waals surface area contributed by atoms with E-state index in [1.165, 1.54) is 11.8 Å². The van der Waals surface area contributed by atoms with Crippen LogP contribution in [0.4, 0.5) is 5.69 Å². The average Bonchev–Trinajstić information content (AvgIpc) is 3.34. The van der Waals surface area contributed by atoms with E-state index in [-0.39, 0.29) is 29.1 Å². The Hall–Kier alpha value is -2.05. The number of hydrogen-bond acceptors (Lipinski definition) is 9. The van der Waals surface area contributed by atoms with Gasteiger partial charge in [0.25, 0.3) is 0 Å². The van der Waals surface area contributed by atoms with Crippen molar-refractivity contribution in [2.75, 3.05) is 22.6 Å². The summed E-state index contributed by atoms with van der Waals surface area (Å²) in [6, 6.07) is 5.47. The zero-order valence-corrected chi connectivity index (χ0v) is 17.5. The topological polar surface area (TPSA) is 120 Å². The second-order valence-corrected chi connectivity index (χ2v) is 10.4. The minimum atomic E-state index is -2.91. The van der Waals surface area contributed by atoms with E-state index in [1.54, 1.807) is 6.07 Å². The standard InChI is InChI=1S/C16H18N6O3S3/c1-22-13(7-10-5-6-28(24,25)9-10)18-19-16(22)26-8-14(23)17-11-3-2-4-12-15(11)21-27-20-12/h2-4,10H,5-9H2,1H3,(H,17,23). The fraction of sp³-hybridized carbons (Fsp3) is 0.438. The third-order valence-electron chi connectivity index (χ3n) is 4.62. The van der Waals surface area contributed by atoms with Gasteiger partial charge in [-0.25, -0.2) is 8.42 Å². The molecule has 1 aliphatic heterocycles. The van der Waals surface area contributed by atoms with Gasteiger partial charge in [-0.15, -0.1) is 10.2 Å². The maximum atomic E-state index is 12.3. The first kappa shape index (κ1) is 19.3. The van der Waals surface area contributed by atoms with E-state index in [0.717, 1.165) is 23.1 Å². The summed E-state index contributed by atoms with van der Waals surface area (Å²) in [7, 11) is -1.07. The lowest BCUT2D eigenvalue weighted by Crippen LogP contribution is -2.15. The number of fused-ring (bicyclic) bond motifs is 1. The maximum Gasteiger partial charge on any atom is 0.234 e. The van der Waals surface area contributed by atoms with Crippen LogP contribution in [-0.2, 0) is 28.1 Å². The first-order valence-electron chi connectivity index (χ1n) is 8.64. The molecule has 12 heteroatoms. The summed E-state index contributed by atoms with van der Waals surface area (Å²) in [5, 5.41) is 11.8. The summed E-state index contributed by atoms with van der Waals surface area (Å²) in [4.78, 5) is 12.3. The zero-order chi connectivity index (χ0) is 19.7. The van der Waals surface area contributed by atoms with Gasteiger partial charge in [-0.3, -0.25) is 4.79 Å². The Balaban J connectivity index is 1.35. The summed E-state index contributed by atoms with van der Waals surface area (Å²) in [6.07, 6.45) is 1.24. The molecule has 1 unspecified atom stereocenters. The predicted octanol–water partition coefficient (Wildman–Crippen LogP) is 1.53. The lowest BCUT2D eigenvalue weighted by atomic mass is 10.1. The van der Waals surface area contributed by atoms with Crippen LogP contribution in [0, 0.1) is 5.92 Å². The van der Waals surface area contributed by atoms with Gasteiger partial charge in [-0.05, 0) is 24.5 Å². The van der Waals surface area contributed by atoms with Crippen molar-refractivity contribution in [3.8, 4) is 0 Å². The largest absolute Gasteiger partial charge is 0.323 e. The zero-order valence-electron chi connectivity index (χ0n) is 15.0. The number of thioether (sulfide) groups is 1. The Kier molecular flexibility index (Phi) is 5.34. The molecule has 148 valence electrons. The smallest absolute Gasteiger partial charge is 0.234 e. The van der Waals surface area contributed by atoms with Crippen molar-refractivity contribution >= 4 is 56.0 Å². The van der Waals surface area contributed by atoms with E-state index >= 15 is 0 Å². The lowest BCUT2D eigenvalue weighted by Gasteiger charge is -2.08. The summed E-state index contributed by atoms with van der Waals surface area (Å²) in [5.41, 5.74) is 2.07. The molecule has 0 saturated carbocycles. The average molecular weight is 439 g/mol. The van der Waals surface area contributed by atoms with Crippen LogP contribution in [0.25, 0.3) is 11.0 Å². The number of aromatic nitrogens is 5. The monoisotopic (exact) mass is 438 g/mol. The molecule has 1 N–H and O–H groups in total. The highest BCUT2D eigenvalue weighted by Gasteiger charge is 2.29. The Bertz CT molecular complexity index is 1120. The van der Waals surface area contributed by atoms with E-state index in [0.29, 0.717) is 29.2 Å². The summed E-state index contributed by atoms with van der Waals surface area (Å²) in [5.74, 6) is 1.29. The molecule has 4 rings (SSSR count). The first-order chi connectivity index (χ1) is 13.4. The van der Waals surface area contributed by atoms with Crippen LogP contribution in [0.5, 0.6) is 0 Å². The Labute approximate surface area is 170 Å². The summed E-state index contributed by atoms with van der Waals surface area (Å²) >= 11 is 2.39. The van der Waals surface area contributed by atoms with Crippen LogP contribution >= 0.6 is 23.5 Å². The van der Waals surface area contributed by atoms with Gasteiger partial charge in [0.1, 0.15) is 16.9 Å². The van der Waals surface area contributed by atoms with Gasteiger partial charge in [0.05, 0.1) is 34.7 Å². The van der Waals surface area contributed by atoms with Crippen LogP contribution in [0.3, 0.4) is 0 Å². The van der Waals surface area contributed by atoms with Gasteiger partial charge in [0.2, 0.25) is 5.91 Å². The van der Waals surface area contributed by atoms with Gasteiger partial charge in [0.15, 0.2) is 15.0 Å². The normalized spacial score (nSPS) is 18.5. The van der Waals surface area contributed by atoms with Crippen LogP contribution in [0.1, 0.15) is 12.2 Å². The number of carbonyl (C=O) groups is 1. The van der Waals surface area contributed by atoms with Crippen molar-refractivity contribution < 1.29 is 13.2 Å². The molecule has 1 atom stereocenters. The number of hydrogen-bond donors (Lipinski definition) is 1. The molecular weight excluding hydrogens is 420 g/mol. The number of rotatable bonds is 6. The third-order valence-corrected chi connectivity index (χ3v) is 8.02. The van der Waals surface area contributed by atoms with Crippen molar-refractivity contribution in [1.82, 2.24) is 23.5 Å². The van der Waals surface area contributed by atoms with Crippen LogP contribution in [0.2, 0.25) is 0 Å². The van der Waals surface area contributed by atoms with E-state index in [1.807, 2.05) is 23.7 Å². The number of anilines is 1. The molecule has 0 aliphatic carbocycles. The molecule has 2 aromatic heterocycles. The summed E-state index contributed by atoms with van der Waals surface area (Å²) < 4.78 is 33.4. The minimum Gasteiger partial charge on any atom is -0.323 e. The molecule has 9 nitrogen and oxygen atoms in total. The fourth-order valence-electron chi connectivity index (χ4n) is 3.16. The Morgan fingerprint density at radius 1 is 1.36 bits per heavy atom. The molecule has 0 radical (unpaired) electrons. The second kappa shape index (κ2) is 7.76. The Morgan fingerprint density at radius 3 is 3.00 bits per heavy atom. The number of benzene rings is 1. The van der Waals surface area contributed by atoms with Crippen LogP contribution < -0.4 is 5.32 Å². The van der Waals surface area contributed by atoms with Gasteiger partial charge in [0, 0.05) is 13.5 Å². The Morgan fingerprint density at radius 2 is 2.21 bits per heavy atom. The first-order valence-corrected chi connectivity index (χ1v) is 12.2. The number of nitrogens with zero attached hydrogens (tertiary/aromatic N) is 5. The van der Waals surface area contributed by atoms with Crippen LogP contribution in [0.15, 0.2) is 23.4 Å². The molecule has 3 heterocycles. The molecule has 3 aromatic rings. The highest BCUT2D eigenvalue weighted by atomic mass is 32.2. The molecular formula is C16H18N6O3S3. The highest BCUT2D eigenvalue weighted by Crippen LogP contribution is 2.24. The predicted molar refractivity (Wildman–Crippen MR) is 108 cm³/mol. The molecule has 0 bridgehead atoms. The highest BCUT2D eigenvalue weighted by molar-refractivity contribution is 7.99. The van der Waals surface area contributed by atoms with Gasteiger partial charge in [-0.2, -0.15) is 8.75 Å². The molecule has 0 spiro atoms. The molecule has 1 amide bonds. The molecule has 28 heavy (non-hydrogen) atoms. The number of nitrogens with one attached hydrogen (secondary N) is 1. The number of carbonyl (C=O) groups excluding carboxylic acids is 1. The van der Waals surface area contributed by atoms with Crippen molar-refractivity contribution in [2.45, 2.75) is 18.0 Å². The lowest BCUT2D eigenvalue weighted by molar-refractivity contribution is -0.113. The molecule has 1 aliphatic rings. The van der Waals surface area contributed by atoms with Crippen molar-refractivity contribution in [2.24, 2.45) is 13.0 Å². The van der Waals surface area contributed by atoms with Gasteiger partial charge < -0.3 is 9.88 Å². The van der Waals surface area contributed by atoms with Gasteiger partial charge >= 0.3 is 0 Å². The van der Waals surface area contributed by atoms with Crippen molar-refractivity contribution in [3.63, 3.8) is 0 Å². The number of sulfone groups is 1. The minimum absolute atomic E-state index is 0.0845.